The van der Waals surface area contributed by atoms with Crippen molar-refractivity contribution < 1.29 is 0 Å². The molecule has 0 saturated heterocycles. The summed E-state index contributed by atoms with van der Waals surface area (Å²) in [6, 6.07) is 11.3. The molecular formula is C14H22N. The van der Waals surface area contributed by atoms with Crippen molar-refractivity contribution in [2.45, 2.75) is 27.7 Å². The second-order valence-corrected chi connectivity index (χ2v) is 4.95. The van der Waals surface area contributed by atoms with E-state index < -0.39 is 0 Å². The summed E-state index contributed by atoms with van der Waals surface area (Å²) in [5.41, 5.74) is 1.32. The fourth-order valence-corrected chi connectivity index (χ4v) is 1.76. The van der Waals surface area contributed by atoms with Crippen LogP contribution in [0.15, 0.2) is 24.3 Å². The van der Waals surface area contributed by atoms with Crippen LogP contribution in [0, 0.1) is 17.9 Å². The maximum Gasteiger partial charge on any atom is 0.0366 e. The largest absolute Gasteiger partial charge is 0.371 e. The molecule has 1 aromatic carbocycles. The number of benzene rings is 1. The lowest BCUT2D eigenvalue weighted by atomic mass is 10.1. The molecule has 1 aromatic rings. The predicted molar refractivity (Wildman–Crippen MR) is 67.2 cm³/mol. The fourth-order valence-electron chi connectivity index (χ4n) is 1.76. The van der Waals surface area contributed by atoms with Crippen LogP contribution in [0.3, 0.4) is 0 Å². The van der Waals surface area contributed by atoms with Gasteiger partial charge in [-0.3, -0.25) is 0 Å². The summed E-state index contributed by atoms with van der Waals surface area (Å²) in [6.45, 7) is 11.3. The molecule has 0 bridgehead atoms. The minimum atomic E-state index is 0.702. The van der Waals surface area contributed by atoms with Gasteiger partial charge < -0.3 is 4.90 Å². The van der Waals surface area contributed by atoms with Gasteiger partial charge in [0.25, 0.3) is 0 Å². The van der Waals surface area contributed by atoms with E-state index in [-0.39, 0.29) is 0 Å². The molecule has 1 radical (unpaired) electrons. The van der Waals surface area contributed by atoms with E-state index in [9.17, 15) is 0 Å². The monoisotopic (exact) mass is 204 g/mol. The van der Waals surface area contributed by atoms with Crippen molar-refractivity contribution >= 4 is 5.69 Å². The zero-order valence-electron chi connectivity index (χ0n) is 10.3. The van der Waals surface area contributed by atoms with Gasteiger partial charge >= 0.3 is 0 Å². The van der Waals surface area contributed by atoms with Gasteiger partial charge in [0.2, 0.25) is 0 Å². The normalized spacial score (nSPS) is 11.1. The van der Waals surface area contributed by atoms with E-state index in [1.165, 1.54) is 5.69 Å². The molecule has 0 aliphatic carbocycles. The highest BCUT2D eigenvalue weighted by molar-refractivity contribution is 5.45. The van der Waals surface area contributed by atoms with Gasteiger partial charge in [0.15, 0.2) is 0 Å². The van der Waals surface area contributed by atoms with Crippen LogP contribution in [0.2, 0.25) is 0 Å². The summed E-state index contributed by atoms with van der Waals surface area (Å²) in [7, 11) is 0. The quantitative estimate of drug-likeness (QED) is 0.708. The smallest absolute Gasteiger partial charge is 0.0366 e. The molecule has 0 amide bonds. The zero-order chi connectivity index (χ0) is 11.3. The Balaban J connectivity index is 2.72. The summed E-state index contributed by atoms with van der Waals surface area (Å²) in [4.78, 5) is 2.46. The van der Waals surface area contributed by atoms with Gasteiger partial charge in [-0.15, -0.1) is 0 Å². The highest BCUT2D eigenvalue weighted by Gasteiger charge is 2.09. The van der Waals surface area contributed by atoms with Crippen LogP contribution in [0.25, 0.3) is 0 Å². The molecule has 0 unspecified atom stereocenters. The van der Waals surface area contributed by atoms with Crippen LogP contribution < -0.4 is 4.90 Å². The van der Waals surface area contributed by atoms with Gasteiger partial charge in [-0.1, -0.05) is 39.8 Å². The molecule has 0 N–H and O–H groups in total. The van der Waals surface area contributed by atoms with Crippen LogP contribution >= 0.6 is 0 Å². The van der Waals surface area contributed by atoms with E-state index in [4.69, 9.17) is 0 Å². The van der Waals surface area contributed by atoms with Crippen molar-refractivity contribution in [1.29, 1.82) is 0 Å². The maximum atomic E-state index is 3.07. The van der Waals surface area contributed by atoms with E-state index in [1.807, 2.05) is 12.1 Å². The Labute approximate surface area is 94.1 Å². The highest BCUT2D eigenvalue weighted by Crippen LogP contribution is 2.16. The first-order chi connectivity index (χ1) is 7.09. The summed E-state index contributed by atoms with van der Waals surface area (Å²) in [5, 5.41) is 0. The molecule has 0 saturated carbocycles. The Morgan fingerprint density at radius 1 is 1.00 bits per heavy atom. The van der Waals surface area contributed by atoms with Gasteiger partial charge in [-0.25, -0.2) is 0 Å². The lowest BCUT2D eigenvalue weighted by Crippen LogP contribution is -2.31. The van der Waals surface area contributed by atoms with Crippen LogP contribution in [-0.2, 0) is 0 Å². The van der Waals surface area contributed by atoms with E-state index in [1.54, 1.807) is 0 Å². The standard InChI is InChI=1S/C14H22N/c1-12(2)10-15(11-13(3)4)14-8-6-5-7-9-14/h6-9,12-13H,10-11H2,1-4H3. The third-order valence-electron chi connectivity index (χ3n) is 2.24. The van der Waals surface area contributed by atoms with Crippen molar-refractivity contribution in [3.8, 4) is 0 Å². The van der Waals surface area contributed by atoms with Crippen LogP contribution in [0.4, 0.5) is 5.69 Å². The SMILES string of the molecule is CC(C)CN(CC(C)C)c1cc[c]cc1. The molecule has 0 aromatic heterocycles. The zero-order valence-corrected chi connectivity index (χ0v) is 10.3. The van der Waals surface area contributed by atoms with E-state index >= 15 is 0 Å². The van der Waals surface area contributed by atoms with Crippen molar-refractivity contribution in [1.82, 2.24) is 0 Å². The lowest BCUT2D eigenvalue weighted by molar-refractivity contribution is 0.553. The van der Waals surface area contributed by atoms with Crippen LogP contribution in [-0.4, -0.2) is 13.1 Å². The van der Waals surface area contributed by atoms with Gasteiger partial charge in [0.1, 0.15) is 0 Å². The molecule has 0 spiro atoms. The first-order valence-corrected chi connectivity index (χ1v) is 5.80. The molecule has 0 heterocycles. The third-order valence-corrected chi connectivity index (χ3v) is 2.24. The Kier molecular flexibility index (Phi) is 4.67. The molecule has 0 fully saturated rings. The van der Waals surface area contributed by atoms with Crippen molar-refractivity contribution in [3.63, 3.8) is 0 Å². The first-order valence-electron chi connectivity index (χ1n) is 5.80. The summed E-state index contributed by atoms with van der Waals surface area (Å²) >= 11 is 0. The Morgan fingerprint density at radius 3 is 1.87 bits per heavy atom. The first kappa shape index (κ1) is 12.1. The average molecular weight is 204 g/mol. The molecular weight excluding hydrogens is 182 g/mol. The predicted octanol–water partition coefficient (Wildman–Crippen LogP) is 3.61. The molecule has 83 valence electrons. The third kappa shape index (κ3) is 4.37. The molecule has 0 atom stereocenters. The topological polar surface area (TPSA) is 3.24 Å². The molecule has 1 heteroatoms. The minimum absolute atomic E-state index is 0.702. The van der Waals surface area contributed by atoms with Crippen molar-refractivity contribution in [2.24, 2.45) is 11.8 Å². The Hall–Kier alpha value is -0.980. The Bertz CT molecular complexity index is 254. The average Bonchev–Trinajstić information content (AvgIpc) is 2.17. The van der Waals surface area contributed by atoms with Gasteiger partial charge in [-0.2, -0.15) is 0 Å². The number of rotatable bonds is 5. The Morgan fingerprint density at radius 2 is 1.47 bits per heavy atom. The van der Waals surface area contributed by atoms with Gasteiger partial charge in [0.05, 0.1) is 0 Å². The molecule has 15 heavy (non-hydrogen) atoms. The summed E-state index contributed by atoms with van der Waals surface area (Å²) < 4.78 is 0. The highest BCUT2D eigenvalue weighted by atomic mass is 15.1. The van der Waals surface area contributed by atoms with E-state index in [0.717, 1.165) is 13.1 Å². The maximum absolute atomic E-state index is 3.07. The molecule has 0 aliphatic rings. The fraction of sp³-hybridized carbons (Fsp3) is 0.571. The van der Waals surface area contributed by atoms with Crippen LogP contribution in [0.5, 0.6) is 0 Å². The number of anilines is 1. The summed E-state index contributed by atoms with van der Waals surface area (Å²) in [5.74, 6) is 1.40. The van der Waals surface area contributed by atoms with E-state index in [0.29, 0.717) is 11.8 Å². The van der Waals surface area contributed by atoms with Crippen LogP contribution in [0.1, 0.15) is 27.7 Å². The number of hydrogen-bond acceptors (Lipinski definition) is 1. The van der Waals surface area contributed by atoms with E-state index in [2.05, 4.69) is 50.8 Å². The second-order valence-electron chi connectivity index (χ2n) is 4.95. The molecule has 0 aliphatic heterocycles. The van der Waals surface area contributed by atoms with Crippen molar-refractivity contribution in [3.05, 3.63) is 30.3 Å². The molecule has 1 rings (SSSR count). The molecule has 1 nitrogen and oxygen atoms in total. The lowest BCUT2D eigenvalue weighted by Gasteiger charge is -2.28. The van der Waals surface area contributed by atoms with Gasteiger partial charge in [0, 0.05) is 18.8 Å². The second kappa shape index (κ2) is 5.79. The summed E-state index contributed by atoms with van der Waals surface area (Å²) in [6.07, 6.45) is 0. The number of hydrogen-bond donors (Lipinski definition) is 0. The number of nitrogens with zero attached hydrogens (tertiary/aromatic N) is 1. The minimum Gasteiger partial charge on any atom is -0.371 e. The van der Waals surface area contributed by atoms with Crippen molar-refractivity contribution in [2.75, 3.05) is 18.0 Å². The van der Waals surface area contributed by atoms with Gasteiger partial charge in [-0.05, 0) is 30.0 Å².